The average Bonchev–Trinajstić information content (AvgIpc) is 3.21. The van der Waals surface area contributed by atoms with Gasteiger partial charge in [-0.05, 0) is 44.9 Å². The molecule has 0 aromatic carbocycles. The SMILES string of the molecule is CCC1CN(C(=O)c2cc(-n3cccn3)ccn2)C(CC)CN1CC(C)(C)O. The topological polar surface area (TPSA) is 74.5 Å². The van der Waals surface area contributed by atoms with Crippen LogP contribution < -0.4 is 0 Å². The highest BCUT2D eigenvalue weighted by Gasteiger charge is 2.37. The van der Waals surface area contributed by atoms with Crippen molar-refractivity contribution in [3.8, 4) is 5.69 Å². The molecule has 3 rings (SSSR count). The molecule has 1 N–H and O–H groups in total. The smallest absolute Gasteiger partial charge is 0.272 e. The molecule has 0 radical (unpaired) electrons. The second-order valence-corrected chi connectivity index (χ2v) is 8.17. The van der Waals surface area contributed by atoms with E-state index < -0.39 is 5.60 Å². The molecular weight excluding hydrogens is 354 g/mol. The van der Waals surface area contributed by atoms with Crippen LogP contribution in [0.15, 0.2) is 36.8 Å². The molecule has 28 heavy (non-hydrogen) atoms. The van der Waals surface area contributed by atoms with E-state index in [-0.39, 0.29) is 18.0 Å². The van der Waals surface area contributed by atoms with Crippen molar-refractivity contribution in [3.63, 3.8) is 0 Å². The second-order valence-electron chi connectivity index (χ2n) is 8.17. The van der Waals surface area contributed by atoms with Crippen molar-refractivity contribution in [1.82, 2.24) is 24.6 Å². The number of nitrogens with zero attached hydrogens (tertiary/aromatic N) is 5. The number of β-amino-alcohol motifs (C(OH)–C–C–N with tert-alkyl or cyclic N) is 1. The van der Waals surface area contributed by atoms with Crippen molar-refractivity contribution in [2.75, 3.05) is 19.6 Å². The third-order valence-corrected chi connectivity index (χ3v) is 5.33. The van der Waals surface area contributed by atoms with Crippen LogP contribution >= 0.6 is 0 Å². The molecule has 2 aromatic rings. The van der Waals surface area contributed by atoms with Gasteiger partial charge in [-0.15, -0.1) is 0 Å². The molecule has 0 aliphatic carbocycles. The van der Waals surface area contributed by atoms with Crippen LogP contribution in [0.5, 0.6) is 0 Å². The van der Waals surface area contributed by atoms with E-state index in [0.29, 0.717) is 18.8 Å². The Kier molecular flexibility index (Phi) is 6.15. The van der Waals surface area contributed by atoms with Crippen LogP contribution in [0.1, 0.15) is 51.0 Å². The van der Waals surface area contributed by atoms with E-state index >= 15 is 0 Å². The zero-order valence-corrected chi connectivity index (χ0v) is 17.2. The van der Waals surface area contributed by atoms with E-state index in [9.17, 15) is 9.90 Å². The summed E-state index contributed by atoms with van der Waals surface area (Å²) in [5.74, 6) is -0.0396. The molecule has 0 bridgehead atoms. The molecule has 7 heteroatoms. The summed E-state index contributed by atoms with van der Waals surface area (Å²) >= 11 is 0. The largest absolute Gasteiger partial charge is 0.389 e. The van der Waals surface area contributed by atoms with Gasteiger partial charge in [0.2, 0.25) is 0 Å². The van der Waals surface area contributed by atoms with E-state index in [1.54, 1.807) is 23.1 Å². The van der Waals surface area contributed by atoms with Crippen LogP contribution in [0.2, 0.25) is 0 Å². The van der Waals surface area contributed by atoms with Crippen molar-refractivity contribution in [3.05, 3.63) is 42.5 Å². The summed E-state index contributed by atoms with van der Waals surface area (Å²) in [5.41, 5.74) is 0.513. The van der Waals surface area contributed by atoms with Crippen molar-refractivity contribution >= 4 is 5.91 Å². The van der Waals surface area contributed by atoms with Gasteiger partial charge in [0, 0.05) is 50.3 Å². The van der Waals surface area contributed by atoms with Crippen LogP contribution in [0, 0.1) is 0 Å². The molecular formula is C21H31N5O2. The number of rotatable bonds is 6. The maximum atomic E-state index is 13.3. The van der Waals surface area contributed by atoms with Crippen molar-refractivity contribution in [2.24, 2.45) is 0 Å². The van der Waals surface area contributed by atoms with Crippen LogP contribution in [0.25, 0.3) is 5.69 Å². The normalized spacial score (nSPS) is 21.1. The van der Waals surface area contributed by atoms with E-state index in [1.165, 1.54) is 0 Å². The van der Waals surface area contributed by atoms with Crippen molar-refractivity contribution in [2.45, 2.75) is 58.2 Å². The van der Waals surface area contributed by atoms with Crippen molar-refractivity contribution < 1.29 is 9.90 Å². The Morgan fingerprint density at radius 2 is 1.96 bits per heavy atom. The first-order valence-electron chi connectivity index (χ1n) is 10.1. The molecule has 2 atom stereocenters. The summed E-state index contributed by atoms with van der Waals surface area (Å²) < 4.78 is 1.73. The Morgan fingerprint density at radius 1 is 1.21 bits per heavy atom. The summed E-state index contributed by atoms with van der Waals surface area (Å²) in [6.45, 7) is 9.94. The first-order chi connectivity index (χ1) is 13.3. The maximum absolute atomic E-state index is 13.3. The first-order valence-corrected chi connectivity index (χ1v) is 10.1. The van der Waals surface area contributed by atoms with Crippen LogP contribution in [-0.2, 0) is 0 Å². The fraction of sp³-hybridized carbons (Fsp3) is 0.571. The number of hydrogen-bond acceptors (Lipinski definition) is 5. The molecule has 2 unspecified atom stereocenters. The lowest BCUT2D eigenvalue weighted by atomic mass is 9.99. The van der Waals surface area contributed by atoms with Crippen LogP contribution in [0.4, 0.5) is 0 Å². The zero-order chi connectivity index (χ0) is 20.3. The molecule has 152 valence electrons. The van der Waals surface area contributed by atoms with Gasteiger partial charge >= 0.3 is 0 Å². The lowest BCUT2D eigenvalue weighted by Crippen LogP contribution is -2.61. The highest BCUT2D eigenvalue weighted by molar-refractivity contribution is 5.93. The van der Waals surface area contributed by atoms with E-state index in [1.807, 2.05) is 37.1 Å². The Balaban J connectivity index is 1.82. The van der Waals surface area contributed by atoms with Crippen LogP contribution in [0.3, 0.4) is 0 Å². The number of piperazine rings is 1. The minimum absolute atomic E-state index is 0.0396. The van der Waals surface area contributed by atoms with Gasteiger partial charge in [0.05, 0.1) is 11.3 Å². The molecule has 0 saturated carbocycles. The number of hydrogen-bond donors (Lipinski definition) is 1. The standard InChI is InChI=1S/C21H31N5O2/c1-5-16-14-25(17(6-2)13-24(16)15-21(3,4)28)20(27)19-12-18(8-10-22-19)26-11-7-9-23-26/h7-12,16-17,28H,5-6,13-15H2,1-4H3. The third kappa shape index (κ3) is 4.59. The zero-order valence-electron chi connectivity index (χ0n) is 17.2. The minimum Gasteiger partial charge on any atom is -0.389 e. The average molecular weight is 386 g/mol. The van der Waals surface area contributed by atoms with Gasteiger partial charge in [0.15, 0.2) is 0 Å². The van der Waals surface area contributed by atoms with Gasteiger partial charge in [-0.3, -0.25) is 14.7 Å². The van der Waals surface area contributed by atoms with Gasteiger partial charge < -0.3 is 10.0 Å². The van der Waals surface area contributed by atoms with E-state index in [2.05, 4.69) is 28.8 Å². The Labute approximate surface area is 167 Å². The molecule has 1 aliphatic rings. The second kappa shape index (κ2) is 8.41. The summed E-state index contributed by atoms with van der Waals surface area (Å²) in [4.78, 5) is 21.9. The number of carbonyl (C=O) groups excluding carboxylic acids is 1. The first kappa shape index (κ1) is 20.5. The van der Waals surface area contributed by atoms with Gasteiger partial charge in [-0.1, -0.05) is 13.8 Å². The van der Waals surface area contributed by atoms with Crippen LogP contribution in [-0.4, -0.2) is 72.9 Å². The predicted molar refractivity (Wildman–Crippen MR) is 108 cm³/mol. The lowest BCUT2D eigenvalue weighted by Gasteiger charge is -2.47. The molecule has 1 aliphatic heterocycles. The highest BCUT2D eigenvalue weighted by atomic mass is 16.3. The highest BCUT2D eigenvalue weighted by Crippen LogP contribution is 2.24. The number of pyridine rings is 1. The monoisotopic (exact) mass is 385 g/mol. The molecule has 1 saturated heterocycles. The minimum atomic E-state index is -0.752. The number of carbonyl (C=O) groups is 1. The predicted octanol–water partition coefficient (Wildman–Crippen LogP) is 2.35. The van der Waals surface area contributed by atoms with Gasteiger partial charge in [-0.2, -0.15) is 5.10 Å². The fourth-order valence-electron chi connectivity index (χ4n) is 3.93. The quantitative estimate of drug-likeness (QED) is 0.826. The number of aliphatic hydroxyl groups is 1. The Morgan fingerprint density at radius 3 is 2.57 bits per heavy atom. The summed E-state index contributed by atoms with van der Waals surface area (Å²) in [6, 6.07) is 5.83. The summed E-state index contributed by atoms with van der Waals surface area (Å²) in [7, 11) is 0. The summed E-state index contributed by atoms with van der Waals surface area (Å²) in [6.07, 6.45) is 7.01. The molecule has 0 spiro atoms. The van der Waals surface area contributed by atoms with E-state index in [4.69, 9.17) is 0 Å². The van der Waals surface area contributed by atoms with Crippen molar-refractivity contribution in [1.29, 1.82) is 0 Å². The third-order valence-electron chi connectivity index (χ3n) is 5.33. The fourth-order valence-corrected chi connectivity index (χ4v) is 3.93. The summed E-state index contributed by atoms with van der Waals surface area (Å²) in [5, 5.41) is 14.5. The number of aromatic nitrogens is 3. The van der Waals surface area contributed by atoms with Gasteiger partial charge in [-0.25, -0.2) is 4.68 Å². The molecule has 1 amide bonds. The molecule has 7 nitrogen and oxygen atoms in total. The Hall–Kier alpha value is -2.25. The van der Waals surface area contributed by atoms with Gasteiger partial charge in [0.1, 0.15) is 5.69 Å². The van der Waals surface area contributed by atoms with E-state index in [0.717, 1.165) is 25.1 Å². The number of amides is 1. The molecule has 2 aromatic heterocycles. The lowest BCUT2D eigenvalue weighted by molar-refractivity contribution is -0.0239. The van der Waals surface area contributed by atoms with Gasteiger partial charge in [0.25, 0.3) is 5.91 Å². The maximum Gasteiger partial charge on any atom is 0.272 e. The Bertz CT molecular complexity index is 784. The molecule has 1 fully saturated rings. The molecule has 3 heterocycles.